The number of nitrogens with zero attached hydrogens (tertiary/aromatic N) is 6. The van der Waals surface area contributed by atoms with E-state index in [0.29, 0.717) is 37.6 Å². The number of hydrogen-bond acceptors (Lipinski definition) is 7. The number of pyridine rings is 2. The molecule has 0 spiro atoms. The first-order valence-corrected chi connectivity index (χ1v) is 10.4. The molecule has 1 aliphatic rings. The van der Waals surface area contributed by atoms with Gasteiger partial charge in [-0.3, -0.25) is 10.00 Å². The second kappa shape index (κ2) is 8.00. The Kier molecular flexibility index (Phi) is 5.02. The predicted octanol–water partition coefficient (Wildman–Crippen LogP) is 1.83. The van der Waals surface area contributed by atoms with Gasteiger partial charge in [0.2, 0.25) is 0 Å². The van der Waals surface area contributed by atoms with E-state index in [0.717, 1.165) is 27.8 Å². The van der Waals surface area contributed by atoms with Crippen molar-refractivity contribution in [2.45, 2.75) is 13.0 Å². The first-order chi connectivity index (χ1) is 15.6. The third-order valence-electron chi connectivity index (χ3n) is 5.74. The zero-order chi connectivity index (χ0) is 22.2. The van der Waals surface area contributed by atoms with Crippen LogP contribution < -0.4 is 9.64 Å². The third kappa shape index (κ3) is 3.36. The summed E-state index contributed by atoms with van der Waals surface area (Å²) in [5, 5.41) is 31.4. The topological polar surface area (TPSA) is 132 Å². The number of nitrogens with one attached hydrogen (secondary N) is 1. The summed E-state index contributed by atoms with van der Waals surface area (Å²) in [6.07, 6.45) is 4.36. The summed E-state index contributed by atoms with van der Waals surface area (Å²) in [4.78, 5) is 19.3. The second-order valence-electron chi connectivity index (χ2n) is 7.61. The fourth-order valence-corrected chi connectivity index (χ4v) is 4.21. The van der Waals surface area contributed by atoms with Crippen LogP contribution in [0.3, 0.4) is 0 Å². The Hall–Kier alpha value is -3.86. The highest BCUT2D eigenvalue weighted by Crippen LogP contribution is 2.33. The summed E-state index contributed by atoms with van der Waals surface area (Å²) in [6, 6.07) is 5.37. The lowest BCUT2D eigenvalue weighted by atomic mass is 10.1. The molecule has 0 saturated carbocycles. The standard InChI is InChI=1S/C21H23N7O4/c1-2-32-15-7-16(19-17-9-23-24-20(17)25-28(19)11-15)13-3-4-18(22-8-13)26-5-6-27(21(30)31)14(10-26)12-29/h3-4,7-9,11,14,29H,2,5-6,10,12H2,1H3,(H,24,25)(H,30,31). The Labute approximate surface area is 182 Å². The fraction of sp³-hybridized carbons (Fsp3) is 0.333. The number of aliphatic hydroxyl groups excluding tert-OH is 1. The molecule has 1 unspecified atom stereocenters. The molecule has 5 heterocycles. The number of aromatic nitrogens is 5. The quantitative estimate of drug-likeness (QED) is 0.431. The number of amides is 1. The molecule has 0 bridgehead atoms. The van der Waals surface area contributed by atoms with Crippen molar-refractivity contribution in [3.63, 3.8) is 0 Å². The van der Waals surface area contributed by atoms with Crippen molar-refractivity contribution in [2.24, 2.45) is 0 Å². The van der Waals surface area contributed by atoms with Gasteiger partial charge in [-0.2, -0.15) is 5.10 Å². The van der Waals surface area contributed by atoms with E-state index in [4.69, 9.17) is 4.74 Å². The highest BCUT2D eigenvalue weighted by Gasteiger charge is 2.30. The first kappa shape index (κ1) is 20.1. The van der Waals surface area contributed by atoms with E-state index in [1.807, 2.05) is 36.2 Å². The van der Waals surface area contributed by atoms with Crippen molar-refractivity contribution in [3.8, 4) is 16.9 Å². The molecule has 1 amide bonds. The zero-order valence-electron chi connectivity index (χ0n) is 17.5. The van der Waals surface area contributed by atoms with E-state index >= 15 is 0 Å². The normalized spacial score (nSPS) is 16.8. The van der Waals surface area contributed by atoms with Gasteiger partial charge in [0.1, 0.15) is 11.6 Å². The molecule has 0 aliphatic carbocycles. The van der Waals surface area contributed by atoms with Crippen LogP contribution >= 0.6 is 0 Å². The van der Waals surface area contributed by atoms with Gasteiger partial charge in [-0.15, -0.1) is 5.10 Å². The lowest BCUT2D eigenvalue weighted by Crippen LogP contribution is -2.56. The summed E-state index contributed by atoms with van der Waals surface area (Å²) >= 11 is 0. The van der Waals surface area contributed by atoms with E-state index in [1.165, 1.54) is 4.90 Å². The van der Waals surface area contributed by atoms with Gasteiger partial charge in [-0.05, 0) is 25.1 Å². The molecule has 166 valence electrons. The molecular formula is C21H23N7O4. The van der Waals surface area contributed by atoms with Crippen LogP contribution in [0.1, 0.15) is 6.92 Å². The van der Waals surface area contributed by atoms with Crippen LogP contribution in [0.25, 0.3) is 27.7 Å². The van der Waals surface area contributed by atoms with Crippen molar-refractivity contribution in [1.29, 1.82) is 0 Å². The molecule has 1 saturated heterocycles. The lowest BCUT2D eigenvalue weighted by Gasteiger charge is -2.39. The number of carbonyl (C=O) groups is 1. The number of H-pyrrole nitrogens is 1. The summed E-state index contributed by atoms with van der Waals surface area (Å²) in [5.41, 5.74) is 3.41. The Balaban J connectivity index is 1.49. The van der Waals surface area contributed by atoms with Crippen LogP contribution in [0, 0.1) is 0 Å². The monoisotopic (exact) mass is 437 g/mol. The Bertz CT molecular complexity index is 1270. The maximum absolute atomic E-state index is 11.4. The van der Waals surface area contributed by atoms with Crippen molar-refractivity contribution in [3.05, 3.63) is 36.8 Å². The van der Waals surface area contributed by atoms with E-state index < -0.39 is 12.1 Å². The number of ether oxygens (including phenoxy) is 1. The number of rotatable bonds is 5. The summed E-state index contributed by atoms with van der Waals surface area (Å²) in [5.74, 6) is 1.43. The van der Waals surface area contributed by atoms with Crippen LogP contribution in [-0.2, 0) is 0 Å². The average molecular weight is 437 g/mol. The first-order valence-electron chi connectivity index (χ1n) is 10.4. The van der Waals surface area contributed by atoms with Gasteiger partial charge in [0, 0.05) is 37.0 Å². The fourth-order valence-electron chi connectivity index (χ4n) is 4.21. The molecule has 1 fully saturated rings. The molecule has 3 N–H and O–H groups in total. The molecule has 5 rings (SSSR count). The molecule has 1 atom stereocenters. The van der Waals surface area contributed by atoms with Gasteiger partial charge >= 0.3 is 6.09 Å². The van der Waals surface area contributed by atoms with E-state index in [-0.39, 0.29) is 6.61 Å². The minimum Gasteiger partial charge on any atom is -0.492 e. The summed E-state index contributed by atoms with van der Waals surface area (Å²) < 4.78 is 7.52. The number of hydrogen-bond donors (Lipinski definition) is 3. The van der Waals surface area contributed by atoms with Crippen molar-refractivity contribution in [2.75, 3.05) is 37.7 Å². The van der Waals surface area contributed by atoms with Gasteiger partial charge < -0.3 is 19.8 Å². The predicted molar refractivity (Wildman–Crippen MR) is 117 cm³/mol. The van der Waals surface area contributed by atoms with Crippen LogP contribution in [0.15, 0.2) is 36.8 Å². The van der Waals surface area contributed by atoms with Crippen molar-refractivity contribution >= 4 is 28.5 Å². The highest BCUT2D eigenvalue weighted by atomic mass is 16.5. The molecule has 11 heteroatoms. The third-order valence-corrected chi connectivity index (χ3v) is 5.74. The van der Waals surface area contributed by atoms with Crippen molar-refractivity contribution < 1.29 is 19.7 Å². The largest absolute Gasteiger partial charge is 0.492 e. The number of fused-ring (bicyclic) bond motifs is 3. The van der Waals surface area contributed by atoms with E-state index in [9.17, 15) is 15.0 Å². The highest BCUT2D eigenvalue weighted by molar-refractivity contribution is 6.00. The maximum atomic E-state index is 11.4. The SMILES string of the molecule is CCOc1cc(-c2ccc(N3CCN(C(=O)O)C(CO)C3)nc2)c2c3cn[nH]c3nn2c1. The Morgan fingerprint density at radius 3 is 2.91 bits per heavy atom. The number of carboxylic acid groups (broad SMARTS) is 1. The van der Waals surface area contributed by atoms with Gasteiger partial charge in [-0.25, -0.2) is 14.3 Å². The van der Waals surface area contributed by atoms with Gasteiger partial charge in [0.15, 0.2) is 5.65 Å². The van der Waals surface area contributed by atoms with Crippen LogP contribution in [0.5, 0.6) is 5.75 Å². The minimum absolute atomic E-state index is 0.231. The van der Waals surface area contributed by atoms with Crippen LogP contribution in [-0.4, -0.2) is 84.9 Å². The average Bonchev–Trinajstić information content (AvgIpc) is 3.39. The molecule has 0 radical (unpaired) electrons. The second-order valence-corrected chi connectivity index (χ2v) is 7.61. The number of anilines is 1. The number of piperazine rings is 1. The van der Waals surface area contributed by atoms with Crippen molar-refractivity contribution in [1.82, 2.24) is 29.7 Å². The van der Waals surface area contributed by atoms with Crippen LogP contribution in [0.4, 0.5) is 10.6 Å². The van der Waals surface area contributed by atoms with E-state index in [2.05, 4.69) is 20.3 Å². The molecule has 4 aromatic rings. The molecule has 4 aromatic heterocycles. The Morgan fingerprint density at radius 2 is 2.19 bits per heavy atom. The smallest absolute Gasteiger partial charge is 0.407 e. The zero-order valence-corrected chi connectivity index (χ0v) is 17.5. The lowest BCUT2D eigenvalue weighted by molar-refractivity contribution is 0.0909. The molecule has 32 heavy (non-hydrogen) atoms. The van der Waals surface area contributed by atoms with Crippen LogP contribution in [0.2, 0.25) is 0 Å². The van der Waals surface area contributed by atoms with Gasteiger partial charge in [-0.1, -0.05) is 0 Å². The number of aliphatic hydroxyl groups is 1. The maximum Gasteiger partial charge on any atom is 0.407 e. The Morgan fingerprint density at radius 1 is 1.31 bits per heavy atom. The minimum atomic E-state index is -1.02. The summed E-state index contributed by atoms with van der Waals surface area (Å²) in [6.45, 7) is 3.45. The van der Waals surface area contributed by atoms with Gasteiger partial charge in [0.05, 0.1) is 42.6 Å². The molecular weight excluding hydrogens is 414 g/mol. The molecule has 11 nitrogen and oxygen atoms in total. The number of aromatic amines is 1. The summed E-state index contributed by atoms with van der Waals surface area (Å²) in [7, 11) is 0. The van der Waals surface area contributed by atoms with E-state index in [1.54, 1.807) is 16.9 Å². The molecule has 0 aromatic carbocycles. The van der Waals surface area contributed by atoms with Gasteiger partial charge in [0.25, 0.3) is 0 Å². The molecule has 1 aliphatic heterocycles.